The van der Waals surface area contributed by atoms with E-state index in [0.29, 0.717) is 12.0 Å². The highest BCUT2D eigenvalue weighted by molar-refractivity contribution is 6.03. The van der Waals surface area contributed by atoms with Crippen LogP contribution in [0.4, 0.5) is 5.82 Å². The maximum absolute atomic E-state index is 12.6. The molecule has 26 heavy (non-hydrogen) atoms. The van der Waals surface area contributed by atoms with E-state index < -0.39 is 31.0 Å². The molecule has 1 saturated heterocycles. The third kappa shape index (κ3) is 3.54. The van der Waals surface area contributed by atoms with Crippen LogP contribution in [0.5, 0.6) is 0 Å². The summed E-state index contributed by atoms with van der Waals surface area (Å²) in [6.07, 6.45) is 0.0512. The monoisotopic (exact) mass is 360 g/mol. The predicted octanol–water partition coefficient (Wildman–Crippen LogP) is 2.45. The Bertz CT molecular complexity index is 917. The molecule has 3 rings (SSSR count). The van der Waals surface area contributed by atoms with E-state index in [0.717, 1.165) is 0 Å². The zero-order chi connectivity index (χ0) is 21.2. The SMILES string of the molecule is [2H]C([2H])([2H])O[C@@H]1[C@H](C)[C@@H](CC)O[C@H]1n1ccc(NC(=O)c2ccccc2)nc1=O. The number of amides is 1. The first-order valence-electron chi connectivity index (χ1n) is 9.98. The second kappa shape index (κ2) is 7.80. The van der Waals surface area contributed by atoms with Gasteiger partial charge in [-0.15, -0.1) is 0 Å². The Morgan fingerprint density at radius 3 is 2.81 bits per heavy atom. The van der Waals surface area contributed by atoms with Crippen molar-refractivity contribution in [3.63, 3.8) is 0 Å². The van der Waals surface area contributed by atoms with Gasteiger partial charge in [-0.3, -0.25) is 9.36 Å². The number of methoxy groups -OCH3 is 1. The summed E-state index contributed by atoms with van der Waals surface area (Å²) in [4.78, 5) is 28.7. The summed E-state index contributed by atoms with van der Waals surface area (Å²) in [6, 6.07) is 10.0. The van der Waals surface area contributed by atoms with Crippen molar-refractivity contribution in [2.45, 2.75) is 38.7 Å². The maximum Gasteiger partial charge on any atom is 0.351 e. The number of carbonyl (C=O) groups excluding carboxylic acids is 1. The Labute approximate surface area is 156 Å². The van der Waals surface area contributed by atoms with Crippen molar-refractivity contribution in [3.05, 3.63) is 58.6 Å². The molecule has 1 aromatic carbocycles. The van der Waals surface area contributed by atoms with Crippen LogP contribution in [0.25, 0.3) is 0 Å². The molecule has 0 unspecified atom stereocenters. The molecule has 2 heterocycles. The predicted molar refractivity (Wildman–Crippen MR) is 97.1 cm³/mol. The van der Waals surface area contributed by atoms with Gasteiger partial charge in [-0.05, 0) is 24.6 Å². The molecule has 1 aliphatic heterocycles. The Morgan fingerprint density at radius 1 is 1.38 bits per heavy atom. The lowest BCUT2D eigenvalue weighted by molar-refractivity contribution is -0.0529. The Kier molecular flexibility index (Phi) is 4.39. The van der Waals surface area contributed by atoms with Crippen molar-refractivity contribution in [2.24, 2.45) is 5.92 Å². The number of nitrogens with one attached hydrogen (secondary N) is 1. The molecular formula is C19H23N3O4. The molecule has 1 aliphatic rings. The summed E-state index contributed by atoms with van der Waals surface area (Å²) in [5.41, 5.74) is -0.243. The molecule has 0 saturated carbocycles. The molecule has 7 nitrogen and oxygen atoms in total. The van der Waals surface area contributed by atoms with Crippen molar-refractivity contribution < 1.29 is 18.4 Å². The van der Waals surface area contributed by atoms with Crippen LogP contribution in [0.15, 0.2) is 47.4 Å². The zero-order valence-corrected chi connectivity index (χ0v) is 14.6. The molecule has 0 spiro atoms. The Morgan fingerprint density at radius 2 is 2.15 bits per heavy atom. The van der Waals surface area contributed by atoms with Crippen LogP contribution in [-0.2, 0) is 9.47 Å². The molecule has 1 fully saturated rings. The van der Waals surface area contributed by atoms with E-state index in [9.17, 15) is 9.59 Å². The molecule has 2 aromatic rings. The van der Waals surface area contributed by atoms with E-state index in [2.05, 4.69) is 10.3 Å². The molecule has 1 aromatic heterocycles. The van der Waals surface area contributed by atoms with Gasteiger partial charge in [-0.2, -0.15) is 4.98 Å². The molecule has 1 N–H and O–H groups in total. The van der Waals surface area contributed by atoms with Crippen molar-refractivity contribution in [3.8, 4) is 0 Å². The number of hydrogen-bond donors (Lipinski definition) is 1. The summed E-state index contributed by atoms with van der Waals surface area (Å²) in [7, 11) is -2.62. The molecule has 7 heteroatoms. The highest BCUT2D eigenvalue weighted by Gasteiger charge is 2.42. The minimum atomic E-state index is -2.62. The van der Waals surface area contributed by atoms with Crippen LogP contribution < -0.4 is 11.0 Å². The van der Waals surface area contributed by atoms with Gasteiger partial charge in [0.05, 0.1) is 10.2 Å². The van der Waals surface area contributed by atoms with E-state index in [1.807, 2.05) is 13.8 Å². The summed E-state index contributed by atoms with van der Waals surface area (Å²) in [6.45, 7) is 3.75. The van der Waals surface area contributed by atoms with Crippen LogP contribution in [0.2, 0.25) is 0 Å². The van der Waals surface area contributed by atoms with Crippen molar-refractivity contribution >= 4 is 11.7 Å². The summed E-state index contributed by atoms with van der Waals surface area (Å²) >= 11 is 0. The Hall–Kier alpha value is -2.51. The number of hydrogen-bond acceptors (Lipinski definition) is 5. The highest BCUT2D eigenvalue weighted by Crippen LogP contribution is 2.36. The van der Waals surface area contributed by atoms with Gasteiger partial charge in [0.15, 0.2) is 6.23 Å². The van der Waals surface area contributed by atoms with E-state index >= 15 is 0 Å². The summed E-state index contributed by atoms with van der Waals surface area (Å²) in [5, 5.41) is 2.57. The number of carbonyl (C=O) groups is 1. The second-order valence-electron chi connectivity index (χ2n) is 6.24. The van der Waals surface area contributed by atoms with Gasteiger partial charge in [0, 0.05) is 24.7 Å². The van der Waals surface area contributed by atoms with E-state index in [4.69, 9.17) is 13.6 Å². The fourth-order valence-corrected chi connectivity index (χ4v) is 3.16. The molecule has 0 radical (unpaired) electrons. The lowest BCUT2D eigenvalue weighted by Crippen LogP contribution is -2.34. The van der Waals surface area contributed by atoms with E-state index in [1.165, 1.54) is 16.8 Å². The van der Waals surface area contributed by atoms with Gasteiger partial charge in [0.2, 0.25) is 0 Å². The van der Waals surface area contributed by atoms with E-state index in [1.54, 1.807) is 30.3 Å². The number of benzene rings is 1. The zero-order valence-electron chi connectivity index (χ0n) is 17.6. The standard InChI is InChI=1S/C19H23N3O4/c1-4-14-12(2)16(25-3)18(26-14)22-11-10-15(21-19(22)24)20-17(23)13-8-6-5-7-9-13/h5-12,14,16,18H,4H2,1-3H3,(H,20,21,23,24)/t12-,14-,16-,18-/m1/s1/i3D3. The van der Waals surface area contributed by atoms with Crippen molar-refractivity contribution in [2.75, 3.05) is 12.4 Å². The largest absolute Gasteiger partial charge is 0.376 e. The molecular weight excluding hydrogens is 334 g/mol. The lowest BCUT2D eigenvalue weighted by Gasteiger charge is -2.21. The maximum atomic E-state index is 12.6. The van der Waals surface area contributed by atoms with Crippen LogP contribution in [-0.4, -0.2) is 34.7 Å². The van der Waals surface area contributed by atoms with Gasteiger partial charge in [-0.25, -0.2) is 4.79 Å². The smallest absolute Gasteiger partial charge is 0.351 e. The summed E-state index contributed by atoms with van der Waals surface area (Å²) in [5.74, 6) is -0.531. The number of aromatic nitrogens is 2. The summed E-state index contributed by atoms with van der Waals surface area (Å²) < 4.78 is 34.6. The molecule has 0 bridgehead atoms. The van der Waals surface area contributed by atoms with Gasteiger partial charge in [-0.1, -0.05) is 32.0 Å². The Balaban J connectivity index is 1.83. The van der Waals surface area contributed by atoms with Crippen molar-refractivity contribution in [1.29, 1.82) is 0 Å². The number of ether oxygens (including phenoxy) is 2. The highest BCUT2D eigenvalue weighted by atomic mass is 16.6. The second-order valence-corrected chi connectivity index (χ2v) is 6.24. The number of rotatable bonds is 5. The molecule has 0 aliphatic carbocycles. The fourth-order valence-electron chi connectivity index (χ4n) is 3.16. The minimum absolute atomic E-state index is 0.0893. The van der Waals surface area contributed by atoms with Gasteiger partial charge in [0.1, 0.15) is 11.9 Å². The molecule has 1 amide bonds. The molecule has 138 valence electrons. The van der Waals surface area contributed by atoms with Gasteiger partial charge in [0.25, 0.3) is 5.91 Å². The van der Waals surface area contributed by atoms with Crippen molar-refractivity contribution in [1.82, 2.24) is 9.55 Å². The third-order valence-electron chi connectivity index (χ3n) is 4.62. The first kappa shape index (κ1) is 14.6. The average molecular weight is 360 g/mol. The van der Waals surface area contributed by atoms with Crippen LogP contribution in [0, 0.1) is 5.92 Å². The van der Waals surface area contributed by atoms with Gasteiger partial charge >= 0.3 is 5.69 Å². The molecule has 4 atom stereocenters. The number of anilines is 1. The quantitative estimate of drug-likeness (QED) is 0.886. The van der Waals surface area contributed by atoms with Crippen LogP contribution in [0.1, 0.15) is 41.0 Å². The van der Waals surface area contributed by atoms with Crippen LogP contribution >= 0.6 is 0 Å². The first-order valence-corrected chi connectivity index (χ1v) is 8.48. The van der Waals surface area contributed by atoms with E-state index in [-0.39, 0.29) is 17.8 Å². The first-order chi connectivity index (χ1) is 13.7. The van der Waals surface area contributed by atoms with Gasteiger partial charge < -0.3 is 14.8 Å². The number of nitrogens with zero attached hydrogens (tertiary/aromatic N) is 2. The average Bonchev–Trinajstić information content (AvgIpc) is 2.97. The lowest BCUT2D eigenvalue weighted by atomic mass is 9.98. The minimum Gasteiger partial charge on any atom is -0.376 e. The topological polar surface area (TPSA) is 82.4 Å². The normalized spacial score (nSPS) is 27.4. The third-order valence-corrected chi connectivity index (χ3v) is 4.62. The fraction of sp³-hybridized carbons (Fsp3) is 0.421. The van der Waals surface area contributed by atoms with Crippen LogP contribution in [0.3, 0.4) is 0 Å².